The van der Waals surface area contributed by atoms with Gasteiger partial charge in [-0.2, -0.15) is 4.57 Å². The highest BCUT2D eigenvalue weighted by atomic mass is 32.2. The Labute approximate surface area is 139 Å². The minimum atomic E-state index is -0.295. The lowest BCUT2D eigenvalue weighted by atomic mass is 9.85. The van der Waals surface area contributed by atoms with Gasteiger partial charge < -0.3 is 9.47 Å². The highest BCUT2D eigenvalue weighted by Gasteiger charge is 2.63. The Morgan fingerprint density at radius 2 is 2.22 bits per heavy atom. The van der Waals surface area contributed by atoms with Crippen LogP contribution in [0.5, 0.6) is 0 Å². The largest absolute Gasteiger partial charge is 0.466 e. The summed E-state index contributed by atoms with van der Waals surface area (Å²) in [6.45, 7) is 2.29. The van der Waals surface area contributed by atoms with Gasteiger partial charge in [0.1, 0.15) is 5.56 Å². The molecule has 0 aromatic carbocycles. The minimum absolute atomic E-state index is 0.0187. The number of esters is 2. The van der Waals surface area contributed by atoms with E-state index in [1.165, 1.54) is 7.11 Å². The fourth-order valence-electron chi connectivity index (χ4n) is 4.60. The van der Waals surface area contributed by atoms with E-state index in [0.717, 1.165) is 17.9 Å². The van der Waals surface area contributed by atoms with Crippen molar-refractivity contribution < 1.29 is 23.6 Å². The molecule has 4 rings (SSSR count). The fourth-order valence-corrected chi connectivity index (χ4v) is 6.41. The maximum absolute atomic E-state index is 12.2. The summed E-state index contributed by atoms with van der Waals surface area (Å²) in [6, 6.07) is 4.11. The Bertz CT molecular complexity index is 677. The van der Waals surface area contributed by atoms with Crippen molar-refractivity contribution >= 4 is 23.7 Å². The third-order valence-electron chi connectivity index (χ3n) is 5.43. The first kappa shape index (κ1) is 15.0. The third kappa shape index (κ3) is 2.11. The number of ether oxygens (including phenoxy) is 2. The van der Waals surface area contributed by atoms with Crippen LogP contribution in [0.2, 0.25) is 0 Å². The van der Waals surface area contributed by atoms with Crippen LogP contribution >= 0.6 is 11.8 Å². The Hall–Kier alpha value is -1.56. The fraction of sp³-hybridized carbons (Fsp3) is 0.588. The Morgan fingerprint density at radius 3 is 2.96 bits per heavy atom. The molecule has 6 heteroatoms. The van der Waals surface area contributed by atoms with Crippen LogP contribution in [0.15, 0.2) is 23.4 Å². The highest BCUT2D eigenvalue weighted by Crippen LogP contribution is 2.60. The summed E-state index contributed by atoms with van der Waals surface area (Å²) in [5.74, 6) is 0.514. The first-order valence-corrected chi connectivity index (χ1v) is 8.99. The SMILES string of the molecule is CCOC(=O)C1CC2CC1C1Sc3c(C(=O)OC)ccc[n+]3C21. The average molecular weight is 334 g/mol. The van der Waals surface area contributed by atoms with Gasteiger partial charge in [-0.3, -0.25) is 4.79 Å². The molecule has 0 radical (unpaired) electrons. The lowest BCUT2D eigenvalue weighted by molar-refractivity contribution is -0.756. The minimum Gasteiger partial charge on any atom is -0.466 e. The molecular weight excluding hydrogens is 314 g/mol. The molecule has 1 aliphatic heterocycles. The summed E-state index contributed by atoms with van der Waals surface area (Å²) in [6.07, 6.45) is 4.04. The third-order valence-corrected chi connectivity index (χ3v) is 6.98. The van der Waals surface area contributed by atoms with E-state index in [1.54, 1.807) is 11.8 Å². The van der Waals surface area contributed by atoms with Gasteiger partial charge in [-0.1, -0.05) is 0 Å². The summed E-state index contributed by atoms with van der Waals surface area (Å²) in [5, 5.41) is 1.34. The molecule has 2 heterocycles. The number of carbonyl (C=O) groups is 2. The summed E-state index contributed by atoms with van der Waals surface area (Å²) < 4.78 is 12.4. The van der Waals surface area contributed by atoms with Crippen LogP contribution in [0, 0.1) is 17.8 Å². The molecule has 1 aromatic rings. The molecule has 2 fully saturated rings. The number of methoxy groups -OCH3 is 1. The van der Waals surface area contributed by atoms with E-state index in [2.05, 4.69) is 10.8 Å². The van der Waals surface area contributed by atoms with Crippen molar-refractivity contribution in [2.75, 3.05) is 13.7 Å². The second-order valence-electron chi connectivity index (χ2n) is 6.45. The van der Waals surface area contributed by atoms with Gasteiger partial charge in [0.15, 0.2) is 12.2 Å². The van der Waals surface area contributed by atoms with Gasteiger partial charge in [-0.05, 0) is 43.5 Å². The molecular formula is C17H20NO4S+. The van der Waals surface area contributed by atoms with E-state index in [0.29, 0.717) is 35.3 Å². The highest BCUT2D eigenvalue weighted by molar-refractivity contribution is 8.00. The topological polar surface area (TPSA) is 56.5 Å². The zero-order valence-electron chi connectivity index (χ0n) is 13.2. The summed E-state index contributed by atoms with van der Waals surface area (Å²) in [7, 11) is 1.41. The number of fused-ring (bicyclic) bond motifs is 7. The molecule has 5 nitrogen and oxygen atoms in total. The molecule has 23 heavy (non-hydrogen) atoms. The predicted molar refractivity (Wildman–Crippen MR) is 83.0 cm³/mol. The number of hydrogen-bond acceptors (Lipinski definition) is 5. The van der Waals surface area contributed by atoms with E-state index in [9.17, 15) is 9.59 Å². The molecule has 0 spiro atoms. The summed E-state index contributed by atoms with van der Waals surface area (Å²) >= 11 is 1.73. The van der Waals surface area contributed by atoms with Crippen molar-refractivity contribution in [3.8, 4) is 0 Å². The van der Waals surface area contributed by atoms with Crippen LogP contribution in [0.3, 0.4) is 0 Å². The maximum Gasteiger partial charge on any atom is 0.345 e. The quantitative estimate of drug-likeness (QED) is 0.625. The number of thioether (sulfide) groups is 1. The van der Waals surface area contributed by atoms with Gasteiger partial charge in [0.05, 0.1) is 24.9 Å². The average Bonchev–Trinajstić information content (AvgIpc) is 3.23. The second kappa shape index (κ2) is 5.51. The van der Waals surface area contributed by atoms with Crippen LogP contribution < -0.4 is 4.57 Å². The molecule has 2 saturated carbocycles. The van der Waals surface area contributed by atoms with Crippen molar-refractivity contribution in [3.05, 3.63) is 23.9 Å². The van der Waals surface area contributed by atoms with E-state index in [4.69, 9.17) is 9.47 Å². The smallest absolute Gasteiger partial charge is 0.345 e. The Morgan fingerprint density at radius 1 is 1.39 bits per heavy atom. The van der Waals surface area contributed by atoms with Crippen LogP contribution in [0.1, 0.15) is 36.2 Å². The zero-order valence-corrected chi connectivity index (χ0v) is 14.0. The van der Waals surface area contributed by atoms with Crippen LogP contribution in [-0.4, -0.2) is 30.9 Å². The molecule has 0 amide bonds. The summed E-state index contributed by atoms with van der Waals surface area (Å²) in [4.78, 5) is 24.2. The number of nitrogens with zero attached hydrogens (tertiary/aromatic N) is 1. The lowest BCUT2D eigenvalue weighted by Crippen LogP contribution is -2.46. The lowest BCUT2D eigenvalue weighted by Gasteiger charge is -2.25. The van der Waals surface area contributed by atoms with Gasteiger partial charge in [0.2, 0.25) is 0 Å². The van der Waals surface area contributed by atoms with Gasteiger partial charge in [-0.25, -0.2) is 4.79 Å². The van der Waals surface area contributed by atoms with E-state index >= 15 is 0 Å². The number of rotatable bonds is 3. The molecule has 2 bridgehead atoms. The van der Waals surface area contributed by atoms with Crippen molar-refractivity contribution in [1.29, 1.82) is 0 Å². The molecule has 5 unspecified atom stereocenters. The molecule has 2 aliphatic carbocycles. The molecule has 3 aliphatic rings. The molecule has 122 valence electrons. The standard InChI is InChI=1S/C17H20NO4S/c1-3-22-17(20)12-8-9-7-11(12)14-13(9)18-6-4-5-10(15(18)23-14)16(19)21-2/h4-6,9,11-14H,3,7-8H2,1-2H3/q+1. The monoisotopic (exact) mass is 334 g/mol. The first-order chi connectivity index (χ1) is 11.2. The maximum atomic E-state index is 12.2. The zero-order chi connectivity index (χ0) is 16.1. The normalized spacial score (nSPS) is 33.2. The molecule has 0 saturated heterocycles. The number of carbonyl (C=O) groups excluding carboxylic acids is 2. The van der Waals surface area contributed by atoms with Crippen molar-refractivity contribution in [2.24, 2.45) is 17.8 Å². The van der Waals surface area contributed by atoms with Crippen molar-refractivity contribution in [1.82, 2.24) is 0 Å². The van der Waals surface area contributed by atoms with Crippen LogP contribution in [0.25, 0.3) is 0 Å². The number of pyridine rings is 1. The molecule has 0 N–H and O–H groups in total. The van der Waals surface area contributed by atoms with Gasteiger partial charge >= 0.3 is 11.9 Å². The molecule has 5 atom stereocenters. The van der Waals surface area contributed by atoms with Crippen molar-refractivity contribution in [2.45, 2.75) is 36.1 Å². The van der Waals surface area contributed by atoms with Crippen molar-refractivity contribution in [3.63, 3.8) is 0 Å². The van der Waals surface area contributed by atoms with E-state index in [-0.39, 0.29) is 17.9 Å². The number of hydrogen-bond donors (Lipinski definition) is 0. The van der Waals surface area contributed by atoms with Gasteiger partial charge in [-0.15, -0.1) is 0 Å². The van der Waals surface area contributed by atoms with Crippen LogP contribution in [-0.2, 0) is 14.3 Å². The molecule has 1 aromatic heterocycles. The van der Waals surface area contributed by atoms with Crippen LogP contribution in [0.4, 0.5) is 0 Å². The van der Waals surface area contributed by atoms with Gasteiger partial charge in [0, 0.05) is 12.0 Å². The van der Waals surface area contributed by atoms with Gasteiger partial charge in [0.25, 0.3) is 5.03 Å². The van der Waals surface area contributed by atoms with E-state index < -0.39 is 0 Å². The first-order valence-electron chi connectivity index (χ1n) is 8.11. The number of aromatic nitrogens is 1. The predicted octanol–water partition coefficient (Wildman–Crippen LogP) is 2.00. The summed E-state index contributed by atoms with van der Waals surface area (Å²) in [5.41, 5.74) is 0.626. The van der Waals surface area contributed by atoms with E-state index in [1.807, 2.05) is 19.1 Å². The second-order valence-corrected chi connectivity index (χ2v) is 7.62. The Balaban J connectivity index is 1.65. The Kier molecular flexibility index (Phi) is 3.59.